The van der Waals surface area contributed by atoms with Gasteiger partial charge in [-0.2, -0.15) is 5.10 Å². The van der Waals surface area contributed by atoms with Crippen molar-refractivity contribution >= 4 is 6.09 Å². The summed E-state index contributed by atoms with van der Waals surface area (Å²) in [4.78, 5) is 14.6. The van der Waals surface area contributed by atoms with Crippen LogP contribution in [0.4, 0.5) is 4.79 Å². The Morgan fingerprint density at radius 3 is 2.82 bits per heavy atom. The summed E-state index contributed by atoms with van der Waals surface area (Å²) in [5.74, 6) is 0. The third-order valence-electron chi connectivity index (χ3n) is 2.27. The van der Waals surface area contributed by atoms with Crippen molar-refractivity contribution in [1.82, 2.24) is 20.1 Å². The smallest absolute Gasteiger partial charge is 0.404 e. The minimum Gasteiger partial charge on any atom is -0.465 e. The minimum atomic E-state index is -1.04. The summed E-state index contributed by atoms with van der Waals surface area (Å²) in [6.07, 6.45) is 4.22. The molecular formula is C11H12N4O2. The van der Waals surface area contributed by atoms with E-state index in [1.807, 2.05) is 25.4 Å². The summed E-state index contributed by atoms with van der Waals surface area (Å²) in [5.41, 5.74) is 2.57. The van der Waals surface area contributed by atoms with Crippen LogP contribution >= 0.6 is 0 Å². The Balaban J connectivity index is 2.10. The van der Waals surface area contributed by atoms with Crippen molar-refractivity contribution in [2.75, 3.05) is 0 Å². The standard InChI is InChI=1S/C11H12N4O2/c1-15-7-9(6-14-15)10-3-2-8(4-12-10)5-13-11(16)17/h2-4,6-7,13H,5H2,1H3,(H,16,17). The van der Waals surface area contributed by atoms with Gasteiger partial charge in [-0.15, -0.1) is 0 Å². The number of amides is 1. The van der Waals surface area contributed by atoms with E-state index in [9.17, 15) is 4.79 Å². The predicted octanol–water partition coefficient (Wildman–Crippen LogP) is 1.25. The van der Waals surface area contributed by atoms with Gasteiger partial charge in [0.25, 0.3) is 0 Å². The normalized spacial score (nSPS) is 10.2. The Morgan fingerprint density at radius 1 is 1.47 bits per heavy atom. The van der Waals surface area contributed by atoms with Crippen LogP contribution in [0.2, 0.25) is 0 Å². The van der Waals surface area contributed by atoms with Crippen LogP contribution in [0.1, 0.15) is 5.56 Å². The van der Waals surface area contributed by atoms with Crippen LogP contribution in [0, 0.1) is 0 Å². The van der Waals surface area contributed by atoms with Gasteiger partial charge in [0.2, 0.25) is 0 Å². The zero-order chi connectivity index (χ0) is 12.3. The van der Waals surface area contributed by atoms with Crippen molar-refractivity contribution in [3.8, 4) is 11.3 Å². The molecule has 0 atom stereocenters. The van der Waals surface area contributed by atoms with Gasteiger partial charge >= 0.3 is 6.09 Å². The average molecular weight is 232 g/mol. The van der Waals surface area contributed by atoms with Crippen molar-refractivity contribution in [1.29, 1.82) is 0 Å². The first-order chi connectivity index (χ1) is 8.15. The van der Waals surface area contributed by atoms with E-state index in [1.54, 1.807) is 17.1 Å². The SMILES string of the molecule is Cn1cc(-c2ccc(CNC(=O)O)cn2)cn1. The number of nitrogens with one attached hydrogen (secondary N) is 1. The molecule has 2 aromatic rings. The van der Waals surface area contributed by atoms with Gasteiger partial charge in [0.05, 0.1) is 11.9 Å². The Morgan fingerprint density at radius 2 is 2.29 bits per heavy atom. The predicted molar refractivity (Wildman–Crippen MR) is 61.3 cm³/mol. The Bertz CT molecular complexity index is 519. The fourth-order valence-electron chi connectivity index (χ4n) is 1.43. The molecule has 0 radical (unpaired) electrons. The molecule has 2 heterocycles. The van der Waals surface area contributed by atoms with Crippen molar-refractivity contribution in [2.45, 2.75) is 6.54 Å². The highest BCUT2D eigenvalue weighted by Gasteiger charge is 2.02. The van der Waals surface area contributed by atoms with E-state index < -0.39 is 6.09 Å². The molecule has 0 aliphatic rings. The second-order valence-corrected chi connectivity index (χ2v) is 3.61. The minimum absolute atomic E-state index is 0.260. The number of aromatic nitrogens is 3. The monoisotopic (exact) mass is 232 g/mol. The van der Waals surface area contributed by atoms with Gasteiger partial charge in [-0.1, -0.05) is 6.07 Å². The third kappa shape index (κ3) is 2.81. The molecule has 0 aliphatic carbocycles. The number of aryl methyl sites for hydroxylation is 1. The Hall–Kier alpha value is -2.37. The lowest BCUT2D eigenvalue weighted by Crippen LogP contribution is -2.19. The van der Waals surface area contributed by atoms with E-state index in [-0.39, 0.29) is 6.54 Å². The topological polar surface area (TPSA) is 80.0 Å². The summed E-state index contributed by atoms with van der Waals surface area (Å²) in [5, 5.41) is 14.8. The average Bonchev–Trinajstić information content (AvgIpc) is 2.74. The summed E-state index contributed by atoms with van der Waals surface area (Å²) < 4.78 is 1.71. The summed E-state index contributed by atoms with van der Waals surface area (Å²) >= 11 is 0. The molecule has 6 nitrogen and oxygen atoms in total. The maximum absolute atomic E-state index is 10.3. The first-order valence-electron chi connectivity index (χ1n) is 5.06. The highest BCUT2D eigenvalue weighted by Crippen LogP contribution is 2.15. The molecule has 0 saturated carbocycles. The lowest BCUT2D eigenvalue weighted by atomic mass is 10.2. The molecule has 0 spiro atoms. The maximum Gasteiger partial charge on any atom is 0.404 e. The lowest BCUT2D eigenvalue weighted by molar-refractivity contribution is 0.194. The number of nitrogens with zero attached hydrogens (tertiary/aromatic N) is 3. The number of carboxylic acid groups (broad SMARTS) is 1. The van der Waals surface area contributed by atoms with Crippen LogP contribution in [0.15, 0.2) is 30.7 Å². The van der Waals surface area contributed by atoms with Gasteiger partial charge in [-0.25, -0.2) is 4.79 Å². The van der Waals surface area contributed by atoms with Gasteiger partial charge in [0, 0.05) is 31.5 Å². The van der Waals surface area contributed by atoms with E-state index >= 15 is 0 Å². The maximum atomic E-state index is 10.3. The van der Waals surface area contributed by atoms with E-state index in [1.165, 1.54) is 0 Å². The third-order valence-corrected chi connectivity index (χ3v) is 2.27. The molecule has 0 bridgehead atoms. The van der Waals surface area contributed by atoms with E-state index in [0.29, 0.717) is 0 Å². The van der Waals surface area contributed by atoms with E-state index in [2.05, 4.69) is 15.4 Å². The van der Waals surface area contributed by atoms with Gasteiger partial charge in [0.15, 0.2) is 0 Å². The fraction of sp³-hybridized carbons (Fsp3) is 0.182. The van der Waals surface area contributed by atoms with Crippen LogP contribution in [-0.4, -0.2) is 26.0 Å². The lowest BCUT2D eigenvalue weighted by Gasteiger charge is -2.01. The highest BCUT2D eigenvalue weighted by atomic mass is 16.4. The van der Waals surface area contributed by atoms with Crippen LogP contribution in [0.3, 0.4) is 0 Å². The fourth-order valence-corrected chi connectivity index (χ4v) is 1.43. The summed E-state index contributed by atoms with van der Waals surface area (Å²) in [6.45, 7) is 0.260. The van der Waals surface area contributed by atoms with Crippen molar-refractivity contribution in [2.24, 2.45) is 7.05 Å². The number of pyridine rings is 1. The van der Waals surface area contributed by atoms with E-state index in [0.717, 1.165) is 16.8 Å². The zero-order valence-electron chi connectivity index (χ0n) is 9.29. The van der Waals surface area contributed by atoms with Gasteiger partial charge in [-0.3, -0.25) is 9.67 Å². The molecule has 0 saturated heterocycles. The molecule has 6 heteroatoms. The Labute approximate surface area is 97.9 Å². The number of rotatable bonds is 3. The van der Waals surface area contributed by atoms with Crippen molar-refractivity contribution in [3.05, 3.63) is 36.3 Å². The highest BCUT2D eigenvalue weighted by molar-refractivity contribution is 5.64. The van der Waals surface area contributed by atoms with Gasteiger partial charge in [-0.05, 0) is 11.6 Å². The molecule has 0 aliphatic heterocycles. The molecule has 0 fully saturated rings. The second-order valence-electron chi connectivity index (χ2n) is 3.61. The van der Waals surface area contributed by atoms with Gasteiger partial charge < -0.3 is 10.4 Å². The van der Waals surface area contributed by atoms with Crippen molar-refractivity contribution in [3.63, 3.8) is 0 Å². The molecule has 17 heavy (non-hydrogen) atoms. The van der Waals surface area contributed by atoms with Crippen LogP contribution in [-0.2, 0) is 13.6 Å². The molecule has 2 aromatic heterocycles. The summed E-state index contributed by atoms with van der Waals surface area (Å²) in [7, 11) is 1.84. The number of hydrogen-bond donors (Lipinski definition) is 2. The van der Waals surface area contributed by atoms with Crippen LogP contribution in [0.5, 0.6) is 0 Å². The molecular weight excluding hydrogens is 220 g/mol. The van der Waals surface area contributed by atoms with Crippen molar-refractivity contribution < 1.29 is 9.90 Å². The largest absolute Gasteiger partial charge is 0.465 e. The molecule has 1 amide bonds. The second kappa shape index (κ2) is 4.65. The molecule has 0 unspecified atom stereocenters. The van der Waals surface area contributed by atoms with Gasteiger partial charge in [0.1, 0.15) is 0 Å². The van der Waals surface area contributed by atoms with E-state index in [4.69, 9.17) is 5.11 Å². The molecule has 2 rings (SSSR count). The first kappa shape index (κ1) is 11.1. The number of hydrogen-bond acceptors (Lipinski definition) is 3. The van der Waals surface area contributed by atoms with Crippen LogP contribution < -0.4 is 5.32 Å². The zero-order valence-corrected chi connectivity index (χ0v) is 9.29. The quantitative estimate of drug-likeness (QED) is 0.834. The molecule has 88 valence electrons. The molecule has 2 N–H and O–H groups in total. The molecule has 0 aromatic carbocycles. The first-order valence-corrected chi connectivity index (χ1v) is 5.06. The summed E-state index contributed by atoms with van der Waals surface area (Å²) in [6, 6.07) is 3.68. The Kier molecular flexibility index (Phi) is 3.04. The van der Waals surface area contributed by atoms with Crippen LogP contribution in [0.25, 0.3) is 11.3 Å². The number of carbonyl (C=O) groups is 1.